The van der Waals surface area contributed by atoms with Crippen LogP contribution >= 0.6 is 11.3 Å². The minimum absolute atomic E-state index is 0.0645. The summed E-state index contributed by atoms with van der Waals surface area (Å²) in [5, 5.41) is 0.543. The standard InChI is InChI=1S/C12H19N3O2S/c1-12(2,3)17-11(16)15-6-4-5-8(15)9-7-14-10(13)18-9/h7-8H,4-6H2,1-3H3,(H2,13,14). The average Bonchev–Trinajstić information content (AvgIpc) is 2.81. The quantitative estimate of drug-likeness (QED) is 0.851. The normalized spacial score (nSPS) is 20.2. The Kier molecular flexibility index (Phi) is 3.47. The maximum atomic E-state index is 12.1. The predicted octanol–water partition coefficient (Wildman–Crippen LogP) is 2.80. The Morgan fingerprint density at radius 3 is 2.89 bits per heavy atom. The molecule has 1 aromatic rings. The number of amides is 1. The molecule has 1 aliphatic rings. The molecule has 2 rings (SSSR count). The van der Waals surface area contributed by atoms with Crippen molar-refractivity contribution >= 4 is 22.6 Å². The highest BCUT2D eigenvalue weighted by Crippen LogP contribution is 2.36. The third-order valence-electron chi connectivity index (χ3n) is 2.75. The van der Waals surface area contributed by atoms with Crippen LogP contribution in [0.3, 0.4) is 0 Å². The summed E-state index contributed by atoms with van der Waals surface area (Å²) >= 11 is 1.44. The number of carbonyl (C=O) groups is 1. The third kappa shape index (κ3) is 2.93. The molecule has 0 aromatic carbocycles. The summed E-state index contributed by atoms with van der Waals surface area (Å²) in [5.41, 5.74) is 5.18. The first-order valence-corrected chi connectivity index (χ1v) is 6.89. The average molecular weight is 269 g/mol. The predicted molar refractivity (Wildman–Crippen MR) is 71.4 cm³/mol. The number of anilines is 1. The molecule has 1 atom stereocenters. The van der Waals surface area contributed by atoms with Crippen LogP contribution in [0.5, 0.6) is 0 Å². The molecule has 1 amide bonds. The van der Waals surface area contributed by atoms with Gasteiger partial charge in [-0.05, 0) is 33.6 Å². The summed E-state index contributed by atoms with van der Waals surface area (Å²) in [4.78, 5) is 19.0. The lowest BCUT2D eigenvalue weighted by atomic mass is 10.2. The van der Waals surface area contributed by atoms with Gasteiger partial charge in [-0.1, -0.05) is 0 Å². The summed E-state index contributed by atoms with van der Waals surface area (Å²) in [7, 11) is 0. The molecule has 18 heavy (non-hydrogen) atoms. The van der Waals surface area contributed by atoms with E-state index in [1.165, 1.54) is 11.3 Å². The van der Waals surface area contributed by atoms with Crippen LogP contribution in [0.4, 0.5) is 9.93 Å². The van der Waals surface area contributed by atoms with Gasteiger partial charge in [0.2, 0.25) is 0 Å². The van der Waals surface area contributed by atoms with Gasteiger partial charge in [0.1, 0.15) is 5.60 Å². The van der Waals surface area contributed by atoms with Crippen LogP contribution < -0.4 is 5.73 Å². The number of nitrogens with two attached hydrogens (primary N) is 1. The molecule has 0 saturated carbocycles. The van der Waals surface area contributed by atoms with Crippen LogP contribution in [0.15, 0.2) is 6.20 Å². The van der Waals surface area contributed by atoms with Gasteiger partial charge in [-0.3, -0.25) is 0 Å². The van der Waals surface area contributed by atoms with Crippen molar-refractivity contribution in [3.8, 4) is 0 Å². The van der Waals surface area contributed by atoms with E-state index in [4.69, 9.17) is 10.5 Å². The van der Waals surface area contributed by atoms with Crippen LogP contribution in [0.2, 0.25) is 0 Å². The zero-order valence-electron chi connectivity index (χ0n) is 11.0. The minimum Gasteiger partial charge on any atom is -0.444 e. The van der Waals surface area contributed by atoms with Gasteiger partial charge in [0.05, 0.1) is 6.04 Å². The molecule has 0 spiro atoms. The maximum absolute atomic E-state index is 12.1. The lowest BCUT2D eigenvalue weighted by molar-refractivity contribution is 0.0227. The Labute approximate surface area is 111 Å². The molecule has 0 bridgehead atoms. The highest BCUT2D eigenvalue weighted by atomic mass is 32.1. The summed E-state index contributed by atoms with van der Waals surface area (Å²) in [6.07, 6.45) is 3.44. The summed E-state index contributed by atoms with van der Waals surface area (Å²) < 4.78 is 5.42. The molecule has 1 aromatic heterocycles. The van der Waals surface area contributed by atoms with Gasteiger partial charge in [0, 0.05) is 17.6 Å². The summed E-state index contributed by atoms with van der Waals surface area (Å²) in [6, 6.07) is 0.0645. The van der Waals surface area contributed by atoms with E-state index in [9.17, 15) is 4.79 Å². The zero-order valence-corrected chi connectivity index (χ0v) is 11.8. The number of carbonyl (C=O) groups excluding carboxylic acids is 1. The number of likely N-dealkylation sites (tertiary alicyclic amines) is 1. The fraction of sp³-hybridized carbons (Fsp3) is 0.667. The number of nitrogen functional groups attached to an aromatic ring is 1. The Morgan fingerprint density at radius 2 is 2.33 bits per heavy atom. The van der Waals surface area contributed by atoms with E-state index >= 15 is 0 Å². The fourth-order valence-electron chi connectivity index (χ4n) is 2.06. The second-order valence-electron chi connectivity index (χ2n) is 5.43. The third-order valence-corrected chi connectivity index (χ3v) is 3.68. The van der Waals surface area contributed by atoms with Crippen LogP contribution in [0, 0.1) is 0 Å². The topological polar surface area (TPSA) is 68.5 Å². The van der Waals surface area contributed by atoms with Gasteiger partial charge >= 0.3 is 6.09 Å². The molecular weight excluding hydrogens is 250 g/mol. The number of aromatic nitrogens is 1. The van der Waals surface area contributed by atoms with E-state index in [0.29, 0.717) is 5.13 Å². The lowest BCUT2D eigenvalue weighted by Gasteiger charge is -2.27. The number of hydrogen-bond donors (Lipinski definition) is 1. The second-order valence-corrected chi connectivity index (χ2v) is 6.53. The van der Waals surface area contributed by atoms with E-state index < -0.39 is 5.60 Å². The number of nitrogens with zero attached hydrogens (tertiary/aromatic N) is 2. The van der Waals surface area contributed by atoms with Gasteiger partial charge in [-0.25, -0.2) is 9.78 Å². The Hall–Kier alpha value is -1.30. The van der Waals surface area contributed by atoms with Crippen molar-refractivity contribution in [3.05, 3.63) is 11.1 Å². The summed E-state index contributed by atoms with van der Waals surface area (Å²) in [6.45, 7) is 6.36. The van der Waals surface area contributed by atoms with Gasteiger partial charge in [-0.15, -0.1) is 11.3 Å². The minimum atomic E-state index is -0.461. The van der Waals surface area contributed by atoms with E-state index in [1.54, 1.807) is 11.1 Å². The highest BCUT2D eigenvalue weighted by Gasteiger charge is 2.34. The molecule has 6 heteroatoms. The first-order valence-electron chi connectivity index (χ1n) is 6.07. The molecule has 0 radical (unpaired) electrons. The first kappa shape index (κ1) is 13.1. The van der Waals surface area contributed by atoms with Gasteiger partial charge in [-0.2, -0.15) is 0 Å². The monoisotopic (exact) mass is 269 g/mol. The molecule has 5 nitrogen and oxygen atoms in total. The van der Waals surface area contributed by atoms with E-state index in [0.717, 1.165) is 24.3 Å². The molecule has 2 N–H and O–H groups in total. The number of hydrogen-bond acceptors (Lipinski definition) is 5. The van der Waals surface area contributed by atoms with Crippen molar-refractivity contribution < 1.29 is 9.53 Å². The van der Waals surface area contributed by atoms with Crippen LogP contribution in [0.25, 0.3) is 0 Å². The molecule has 0 aliphatic carbocycles. The maximum Gasteiger partial charge on any atom is 0.410 e. The number of ether oxygens (including phenoxy) is 1. The Morgan fingerprint density at radius 1 is 1.61 bits per heavy atom. The van der Waals surface area contributed by atoms with Crippen molar-refractivity contribution in [2.45, 2.75) is 45.3 Å². The van der Waals surface area contributed by atoms with Gasteiger partial charge in [0.25, 0.3) is 0 Å². The molecule has 1 saturated heterocycles. The molecule has 1 fully saturated rings. The number of thiazole rings is 1. The van der Waals surface area contributed by atoms with Crippen LogP contribution in [0.1, 0.15) is 44.5 Å². The second kappa shape index (κ2) is 4.76. The van der Waals surface area contributed by atoms with E-state index in [2.05, 4.69) is 4.98 Å². The SMILES string of the molecule is CC(C)(C)OC(=O)N1CCCC1c1cnc(N)s1. The van der Waals surface area contributed by atoms with Crippen molar-refractivity contribution in [3.63, 3.8) is 0 Å². The smallest absolute Gasteiger partial charge is 0.410 e. The summed E-state index contributed by atoms with van der Waals surface area (Å²) in [5.74, 6) is 0. The van der Waals surface area contributed by atoms with Gasteiger partial charge < -0.3 is 15.4 Å². The van der Waals surface area contributed by atoms with E-state index in [1.807, 2.05) is 20.8 Å². The van der Waals surface area contributed by atoms with Crippen molar-refractivity contribution in [2.75, 3.05) is 12.3 Å². The molecule has 100 valence electrons. The highest BCUT2D eigenvalue weighted by molar-refractivity contribution is 7.15. The van der Waals surface area contributed by atoms with Crippen LogP contribution in [-0.2, 0) is 4.74 Å². The number of rotatable bonds is 1. The fourth-order valence-corrected chi connectivity index (χ4v) is 2.89. The molecular formula is C12H19N3O2S. The van der Waals surface area contributed by atoms with Crippen molar-refractivity contribution in [2.24, 2.45) is 0 Å². The van der Waals surface area contributed by atoms with Crippen LogP contribution in [-0.4, -0.2) is 28.1 Å². The van der Waals surface area contributed by atoms with Crippen molar-refractivity contribution in [1.29, 1.82) is 0 Å². The first-order chi connectivity index (χ1) is 8.37. The Balaban J connectivity index is 2.10. The molecule has 1 aliphatic heterocycles. The molecule has 2 heterocycles. The Bertz CT molecular complexity index is 439. The van der Waals surface area contributed by atoms with Gasteiger partial charge in [0.15, 0.2) is 5.13 Å². The van der Waals surface area contributed by atoms with E-state index in [-0.39, 0.29) is 12.1 Å². The zero-order chi connectivity index (χ0) is 13.3. The van der Waals surface area contributed by atoms with Crippen molar-refractivity contribution in [1.82, 2.24) is 9.88 Å². The largest absolute Gasteiger partial charge is 0.444 e. The molecule has 1 unspecified atom stereocenters. The lowest BCUT2D eigenvalue weighted by Crippen LogP contribution is -2.36.